The summed E-state index contributed by atoms with van der Waals surface area (Å²) in [4.78, 5) is 13.9. The first-order valence-electron chi connectivity index (χ1n) is 24.3. The van der Waals surface area contributed by atoms with Crippen molar-refractivity contribution in [3.8, 4) is 11.4 Å². The van der Waals surface area contributed by atoms with Crippen molar-refractivity contribution in [3.05, 3.63) is 171 Å². The van der Waals surface area contributed by atoms with Crippen molar-refractivity contribution in [1.29, 1.82) is 0 Å². The monoisotopic (exact) mass is 868 g/mol. The molecule has 0 amide bonds. The van der Waals surface area contributed by atoms with Crippen molar-refractivity contribution in [2.45, 2.75) is 126 Å². The predicted octanol–water partition coefficient (Wildman–Crippen LogP) is 15.4. The maximum absolute atomic E-state index is 6.07. The van der Waals surface area contributed by atoms with Gasteiger partial charge in [-0.3, -0.25) is 9.56 Å². The first-order valence-corrected chi connectivity index (χ1v) is 24.3. The minimum Gasteiger partial charge on any atom is -0.320 e. The van der Waals surface area contributed by atoms with Gasteiger partial charge in [0.1, 0.15) is 17.0 Å². The summed E-state index contributed by atoms with van der Waals surface area (Å²) in [5.74, 6) is 2.11. The molecule has 0 unspecified atom stereocenters. The number of pyridine rings is 1. The summed E-state index contributed by atoms with van der Waals surface area (Å²) in [5.41, 5.74) is 20.9. The van der Waals surface area contributed by atoms with Crippen molar-refractivity contribution in [3.63, 3.8) is 0 Å². The summed E-state index contributed by atoms with van der Waals surface area (Å²) >= 11 is 0. The third-order valence-corrected chi connectivity index (χ3v) is 16.6. The summed E-state index contributed by atoms with van der Waals surface area (Å²) in [7, 11) is 0. The Bertz CT molecular complexity index is 3490. The van der Waals surface area contributed by atoms with Gasteiger partial charge in [0.25, 0.3) is 0 Å². The Balaban J connectivity index is 1.18. The lowest BCUT2D eigenvalue weighted by atomic mass is 9.76. The highest BCUT2D eigenvalue weighted by atomic mass is 15.4. The highest BCUT2D eigenvalue weighted by molar-refractivity contribution is 6.12. The van der Waals surface area contributed by atoms with Crippen LogP contribution in [0, 0.1) is 32.6 Å². The van der Waals surface area contributed by atoms with Crippen molar-refractivity contribution < 1.29 is 0 Å². The molecular weight excluding hydrogens is 803 g/mol. The van der Waals surface area contributed by atoms with Gasteiger partial charge in [-0.25, -0.2) is 4.98 Å². The maximum atomic E-state index is 6.07. The number of aromatic nitrogens is 3. The molecule has 11 rings (SSSR count). The molecule has 0 N–H and O–H groups in total. The van der Waals surface area contributed by atoms with Gasteiger partial charge in [0.05, 0.1) is 22.1 Å². The predicted molar refractivity (Wildman–Crippen MR) is 279 cm³/mol. The minimum atomic E-state index is -0.446. The topological polar surface area (TPSA) is 38.4 Å². The molecule has 3 aliphatic rings. The third-order valence-electron chi connectivity index (χ3n) is 16.6. The van der Waals surface area contributed by atoms with Gasteiger partial charge in [-0.1, -0.05) is 96.0 Å². The van der Waals surface area contributed by atoms with Crippen LogP contribution in [0.25, 0.3) is 55.1 Å². The fourth-order valence-electron chi connectivity index (χ4n) is 12.1. The zero-order chi connectivity index (χ0) is 46.5. The Kier molecular flexibility index (Phi) is 9.26. The molecule has 0 saturated heterocycles. The number of aliphatic imine (C=N–C) groups is 1. The van der Waals surface area contributed by atoms with E-state index < -0.39 is 5.54 Å². The number of nitrogens with zero attached hydrogens (tertiary/aromatic N) is 5. The lowest BCUT2D eigenvalue weighted by Gasteiger charge is -2.46. The number of hydrogen-bond donors (Lipinski definition) is 0. The smallest absolute Gasteiger partial charge is 0.145 e. The molecule has 5 nitrogen and oxygen atoms in total. The molecule has 8 aromatic rings. The molecule has 0 saturated carbocycles. The van der Waals surface area contributed by atoms with Crippen LogP contribution in [-0.4, -0.2) is 30.4 Å². The molecule has 0 radical (unpaired) electrons. The highest BCUT2D eigenvalue weighted by Gasteiger charge is 2.62. The third kappa shape index (κ3) is 5.90. The van der Waals surface area contributed by atoms with Crippen LogP contribution in [0.1, 0.15) is 127 Å². The molecule has 3 aromatic heterocycles. The molecule has 2 aliphatic carbocycles. The number of benzene rings is 5. The molecule has 1 aliphatic heterocycles. The number of aryl methyl sites for hydroxylation is 2. The molecule has 4 heterocycles. The molecule has 5 heteroatoms. The lowest BCUT2D eigenvalue weighted by molar-refractivity contribution is 0.157. The van der Waals surface area contributed by atoms with Gasteiger partial charge in [-0.2, -0.15) is 0 Å². The van der Waals surface area contributed by atoms with Crippen molar-refractivity contribution >= 4 is 49.6 Å². The molecule has 5 aromatic carbocycles. The Labute approximate surface area is 391 Å². The minimum absolute atomic E-state index is 0.0307. The quantitative estimate of drug-likeness (QED) is 0.173. The fourth-order valence-corrected chi connectivity index (χ4v) is 12.1. The average Bonchev–Trinajstić information content (AvgIpc) is 3.93. The first-order chi connectivity index (χ1) is 31.3. The molecule has 334 valence electrons. The normalized spacial score (nSPS) is 22.1. The summed E-state index contributed by atoms with van der Waals surface area (Å²) in [5, 5.41) is 4.90. The summed E-state index contributed by atoms with van der Waals surface area (Å²) < 4.78 is 4.89. The Morgan fingerprint density at radius 2 is 1.45 bits per heavy atom. The van der Waals surface area contributed by atoms with E-state index in [-0.39, 0.29) is 11.0 Å². The first kappa shape index (κ1) is 42.4. The standard InChI is InChI=1S/C61H65N5/c1-34(2)42-28-43(57-63-61(14)52-22-18-36(4)39(7)51(52)33-60(61,13)66(57)56-40(8)37(5)27-38(6)41(56)9)30-46(29-42)64-53-23-17-35(3)26-49(53)47-21-20-45(32-55(47)64)65-54-24-19-44(59(10,11)12)31-50(54)48-16-15-25-62-58(48)65/h15-32,34,37,40H,33H2,1-14H3/t37-,40-,60-,61+/m0/s1. The van der Waals surface area contributed by atoms with E-state index in [0.29, 0.717) is 17.8 Å². The highest BCUT2D eigenvalue weighted by Crippen LogP contribution is 2.58. The fraction of sp³-hybridized carbons (Fsp3) is 0.344. The second-order valence-electron chi connectivity index (χ2n) is 22.1. The Hall–Kier alpha value is -6.20. The Morgan fingerprint density at radius 1 is 0.712 bits per heavy atom. The molecular formula is C61H65N5. The summed E-state index contributed by atoms with van der Waals surface area (Å²) in [6.45, 7) is 32.7. The van der Waals surface area contributed by atoms with E-state index in [1.165, 1.54) is 99.4 Å². The number of allylic oxidation sites excluding steroid dienone is 4. The van der Waals surface area contributed by atoms with Gasteiger partial charge in [0.2, 0.25) is 0 Å². The van der Waals surface area contributed by atoms with Crippen LogP contribution in [0.5, 0.6) is 0 Å². The van der Waals surface area contributed by atoms with Crippen LogP contribution in [0.2, 0.25) is 0 Å². The zero-order valence-electron chi connectivity index (χ0n) is 41.6. The number of rotatable bonds is 5. The maximum Gasteiger partial charge on any atom is 0.145 e. The SMILES string of the molecule is CC1=C[C@H](C)[C@H](C)C(N2C(c3cc(C(C)C)cc(-n4c5ccc(C)cc5c5ccc(-n6c7ccc(C(C)(C)C)cc7c7cccnc76)cc54)c3)=N[C@]3(C)c4ccc(C)c(C)c4C[C@]23C)=C1C. The van der Waals surface area contributed by atoms with E-state index >= 15 is 0 Å². The molecule has 0 fully saturated rings. The number of fused-ring (bicyclic) bond motifs is 9. The van der Waals surface area contributed by atoms with Gasteiger partial charge in [0.15, 0.2) is 0 Å². The van der Waals surface area contributed by atoms with E-state index in [2.05, 4.69) is 214 Å². The number of hydrogen-bond acceptors (Lipinski definition) is 3. The van der Waals surface area contributed by atoms with Gasteiger partial charge in [-0.05, 0) is 178 Å². The van der Waals surface area contributed by atoms with Crippen LogP contribution < -0.4 is 0 Å². The summed E-state index contributed by atoms with van der Waals surface area (Å²) in [6.07, 6.45) is 5.35. The zero-order valence-corrected chi connectivity index (χ0v) is 41.6. The van der Waals surface area contributed by atoms with Crippen LogP contribution in [-0.2, 0) is 17.4 Å². The van der Waals surface area contributed by atoms with Crippen molar-refractivity contribution in [1.82, 2.24) is 19.0 Å². The second-order valence-corrected chi connectivity index (χ2v) is 22.1. The van der Waals surface area contributed by atoms with Crippen molar-refractivity contribution in [2.75, 3.05) is 0 Å². The van der Waals surface area contributed by atoms with Crippen molar-refractivity contribution in [2.24, 2.45) is 16.8 Å². The second kappa shape index (κ2) is 14.4. The van der Waals surface area contributed by atoms with E-state index in [1.807, 2.05) is 6.20 Å². The van der Waals surface area contributed by atoms with E-state index in [0.717, 1.165) is 29.3 Å². The van der Waals surface area contributed by atoms with Crippen LogP contribution in [0.15, 0.2) is 131 Å². The van der Waals surface area contributed by atoms with E-state index in [9.17, 15) is 0 Å². The van der Waals surface area contributed by atoms with Gasteiger partial charge < -0.3 is 9.47 Å². The van der Waals surface area contributed by atoms with E-state index in [4.69, 9.17) is 9.98 Å². The van der Waals surface area contributed by atoms with Crippen LogP contribution >= 0.6 is 0 Å². The van der Waals surface area contributed by atoms with Gasteiger partial charge in [0, 0.05) is 56.3 Å². The van der Waals surface area contributed by atoms with Crippen LogP contribution in [0.3, 0.4) is 0 Å². The van der Waals surface area contributed by atoms with Crippen LogP contribution in [0.4, 0.5) is 0 Å². The Morgan fingerprint density at radius 3 is 2.21 bits per heavy atom. The molecule has 4 atom stereocenters. The average molecular weight is 868 g/mol. The largest absolute Gasteiger partial charge is 0.320 e. The molecule has 66 heavy (non-hydrogen) atoms. The van der Waals surface area contributed by atoms with E-state index in [1.54, 1.807) is 0 Å². The van der Waals surface area contributed by atoms with Gasteiger partial charge in [-0.15, -0.1) is 0 Å². The lowest BCUT2D eigenvalue weighted by Crippen LogP contribution is -2.54. The summed E-state index contributed by atoms with van der Waals surface area (Å²) in [6, 6.07) is 37.3. The van der Waals surface area contributed by atoms with Gasteiger partial charge >= 0.3 is 0 Å². The number of amidine groups is 1. The molecule has 0 spiro atoms. The molecule has 0 bridgehead atoms.